The van der Waals surface area contributed by atoms with Crippen molar-refractivity contribution >= 4 is 17.3 Å². The number of carbonyl (C=O) groups is 1. The van der Waals surface area contributed by atoms with Gasteiger partial charge in [0.25, 0.3) is 5.91 Å². The van der Waals surface area contributed by atoms with Crippen molar-refractivity contribution in [3.05, 3.63) is 95.1 Å². The highest BCUT2D eigenvalue weighted by Crippen LogP contribution is 2.37. The molecule has 0 radical (unpaired) electrons. The zero-order valence-electron chi connectivity index (χ0n) is 22.5. The van der Waals surface area contributed by atoms with Crippen molar-refractivity contribution in [3.8, 4) is 0 Å². The summed E-state index contributed by atoms with van der Waals surface area (Å²) in [5, 5.41) is 0. The van der Waals surface area contributed by atoms with Crippen LogP contribution in [0.25, 0.3) is 5.70 Å². The van der Waals surface area contributed by atoms with E-state index in [1.807, 2.05) is 30.9 Å². The predicted molar refractivity (Wildman–Crippen MR) is 155 cm³/mol. The first-order valence-electron chi connectivity index (χ1n) is 14.2. The average molecular weight is 496 g/mol. The van der Waals surface area contributed by atoms with E-state index < -0.39 is 0 Å². The number of amides is 1. The lowest BCUT2D eigenvalue weighted by molar-refractivity contribution is 0.0773. The molecule has 2 aromatic carbocycles. The molecule has 37 heavy (non-hydrogen) atoms. The van der Waals surface area contributed by atoms with Gasteiger partial charge in [0.2, 0.25) is 0 Å². The molecule has 0 spiro atoms. The summed E-state index contributed by atoms with van der Waals surface area (Å²) in [6.07, 6.45) is 16.3. The summed E-state index contributed by atoms with van der Waals surface area (Å²) in [4.78, 5) is 20.0. The molecule has 5 rings (SSSR count). The SMILES string of the molecule is CCN(CC)C(=O)c1ccc(N(C2=CCCc3ccccc32)C2CCN(CC3=CCCC=C3)CC2)cc1. The molecule has 1 saturated heterocycles. The maximum atomic E-state index is 12.9. The van der Waals surface area contributed by atoms with Crippen LogP contribution in [0.1, 0.15) is 67.4 Å². The summed E-state index contributed by atoms with van der Waals surface area (Å²) in [5.74, 6) is 0.115. The summed E-state index contributed by atoms with van der Waals surface area (Å²) >= 11 is 0. The lowest BCUT2D eigenvalue weighted by Gasteiger charge is -2.42. The number of hydrogen-bond donors (Lipinski definition) is 0. The first kappa shape index (κ1) is 25.5. The fraction of sp³-hybridized carbons (Fsp3) is 0.424. The van der Waals surface area contributed by atoms with Crippen molar-refractivity contribution in [2.75, 3.05) is 37.6 Å². The quantitative estimate of drug-likeness (QED) is 0.408. The third-order valence-corrected chi connectivity index (χ3v) is 8.15. The fourth-order valence-corrected chi connectivity index (χ4v) is 6.07. The molecule has 0 N–H and O–H groups in total. The minimum atomic E-state index is 0.115. The van der Waals surface area contributed by atoms with E-state index >= 15 is 0 Å². The van der Waals surface area contributed by atoms with Gasteiger partial charge in [-0.25, -0.2) is 0 Å². The fourth-order valence-electron chi connectivity index (χ4n) is 6.07. The Balaban J connectivity index is 1.40. The number of fused-ring (bicyclic) bond motifs is 1. The van der Waals surface area contributed by atoms with Crippen molar-refractivity contribution in [2.24, 2.45) is 0 Å². The summed E-state index contributed by atoms with van der Waals surface area (Å²) < 4.78 is 0. The zero-order valence-corrected chi connectivity index (χ0v) is 22.5. The molecule has 2 aromatic rings. The van der Waals surface area contributed by atoms with Crippen LogP contribution in [0.5, 0.6) is 0 Å². The summed E-state index contributed by atoms with van der Waals surface area (Å²) in [6, 6.07) is 17.7. The molecule has 1 fully saturated rings. The Bertz CT molecular complexity index is 1160. The highest BCUT2D eigenvalue weighted by molar-refractivity contribution is 5.95. The molecular weight excluding hydrogens is 454 g/mol. The second-order valence-corrected chi connectivity index (χ2v) is 10.4. The van der Waals surface area contributed by atoms with E-state index in [9.17, 15) is 4.79 Å². The topological polar surface area (TPSA) is 26.8 Å². The van der Waals surface area contributed by atoms with Gasteiger partial charge in [-0.1, -0.05) is 48.6 Å². The first-order valence-corrected chi connectivity index (χ1v) is 14.2. The monoisotopic (exact) mass is 495 g/mol. The molecule has 0 bridgehead atoms. The summed E-state index contributed by atoms with van der Waals surface area (Å²) in [5.41, 5.74) is 7.56. The largest absolute Gasteiger partial charge is 0.339 e. The predicted octanol–water partition coefficient (Wildman–Crippen LogP) is 6.70. The van der Waals surface area contributed by atoms with E-state index in [0.717, 1.165) is 64.0 Å². The van der Waals surface area contributed by atoms with Crippen molar-refractivity contribution in [3.63, 3.8) is 0 Å². The van der Waals surface area contributed by atoms with Crippen LogP contribution >= 0.6 is 0 Å². The molecule has 0 aromatic heterocycles. The van der Waals surface area contributed by atoms with Gasteiger partial charge in [0, 0.05) is 61.3 Å². The Kier molecular flexibility index (Phi) is 8.25. The lowest BCUT2D eigenvalue weighted by atomic mass is 9.91. The molecule has 4 nitrogen and oxygen atoms in total. The van der Waals surface area contributed by atoms with Crippen LogP contribution in [0.3, 0.4) is 0 Å². The summed E-state index contributed by atoms with van der Waals surface area (Å²) in [7, 11) is 0. The third-order valence-electron chi connectivity index (χ3n) is 8.15. The molecule has 2 aliphatic carbocycles. The van der Waals surface area contributed by atoms with Crippen molar-refractivity contribution in [2.45, 2.75) is 58.4 Å². The molecule has 1 amide bonds. The van der Waals surface area contributed by atoms with Gasteiger partial charge in [0.15, 0.2) is 0 Å². The molecule has 3 aliphatic rings. The van der Waals surface area contributed by atoms with Crippen LogP contribution in [0.4, 0.5) is 5.69 Å². The molecule has 0 atom stereocenters. The Morgan fingerprint density at radius 1 is 0.919 bits per heavy atom. The van der Waals surface area contributed by atoms with Crippen molar-refractivity contribution < 1.29 is 4.79 Å². The van der Waals surface area contributed by atoms with Crippen LogP contribution < -0.4 is 4.90 Å². The number of carbonyl (C=O) groups excluding carboxylic acids is 1. The van der Waals surface area contributed by atoms with Crippen LogP contribution in [0, 0.1) is 0 Å². The minimum Gasteiger partial charge on any atom is -0.339 e. The first-order chi connectivity index (χ1) is 18.2. The average Bonchev–Trinajstić information content (AvgIpc) is 2.96. The van der Waals surface area contributed by atoms with Crippen molar-refractivity contribution in [1.29, 1.82) is 0 Å². The molecular formula is C33H41N3O. The normalized spacial score (nSPS) is 18.1. The Morgan fingerprint density at radius 3 is 2.38 bits per heavy atom. The van der Waals surface area contributed by atoms with Gasteiger partial charge >= 0.3 is 0 Å². The molecule has 1 aliphatic heterocycles. The molecule has 0 saturated carbocycles. The standard InChI is InChI=1S/C33H41N3O/c1-3-35(4-2)33(37)28-17-19-29(20-18-28)36(32-16-10-14-27-13-8-9-15-31(27)32)30-21-23-34(24-22-30)25-26-11-6-5-7-12-26/h6,8-9,11-13,15-20,30H,3-5,7,10,14,21-25H2,1-2H3. The number of nitrogens with zero attached hydrogens (tertiary/aromatic N) is 3. The van der Waals surface area contributed by atoms with Crippen LogP contribution in [0.2, 0.25) is 0 Å². The smallest absolute Gasteiger partial charge is 0.253 e. The maximum absolute atomic E-state index is 12.9. The Labute approximate surface area is 223 Å². The van der Waals surface area contributed by atoms with Gasteiger partial charge < -0.3 is 9.80 Å². The van der Waals surface area contributed by atoms with E-state index in [2.05, 4.69) is 70.5 Å². The van der Waals surface area contributed by atoms with Crippen LogP contribution in [0.15, 0.2) is 78.4 Å². The van der Waals surface area contributed by atoms with Crippen LogP contribution in [-0.4, -0.2) is 54.5 Å². The van der Waals surface area contributed by atoms with Gasteiger partial charge in [-0.2, -0.15) is 0 Å². The van der Waals surface area contributed by atoms with Gasteiger partial charge in [0.05, 0.1) is 0 Å². The van der Waals surface area contributed by atoms with Gasteiger partial charge in [-0.05, 0) is 87.8 Å². The number of benzene rings is 2. The van der Waals surface area contributed by atoms with E-state index in [1.54, 1.807) is 0 Å². The number of anilines is 1. The van der Waals surface area contributed by atoms with E-state index in [0.29, 0.717) is 6.04 Å². The van der Waals surface area contributed by atoms with Gasteiger partial charge in [-0.15, -0.1) is 0 Å². The minimum absolute atomic E-state index is 0.115. The van der Waals surface area contributed by atoms with Crippen molar-refractivity contribution in [1.82, 2.24) is 9.80 Å². The Morgan fingerprint density at radius 2 is 1.68 bits per heavy atom. The maximum Gasteiger partial charge on any atom is 0.253 e. The van der Waals surface area contributed by atoms with E-state index in [1.165, 1.54) is 40.9 Å². The van der Waals surface area contributed by atoms with Crippen LogP contribution in [-0.2, 0) is 6.42 Å². The second kappa shape index (κ2) is 12.0. The second-order valence-electron chi connectivity index (χ2n) is 10.4. The highest BCUT2D eigenvalue weighted by atomic mass is 16.2. The number of likely N-dealkylation sites (tertiary alicyclic amines) is 1. The van der Waals surface area contributed by atoms with E-state index in [-0.39, 0.29) is 5.91 Å². The lowest BCUT2D eigenvalue weighted by Crippen LogP contribution is -2.45. The highest BCUT2D eigenvalue weighted by Gasteiger charge is 2.30. The molecule has 4 heteroatoms. The van der Waals surface area contributed by atoms with Gasteiger partial charge in [0.1, 0.15) is 0 Å². The number of allylic oxidation sites excluding steroid dienone is 3. The molecule has 1 heterocycles. The summed E-state index contributed by atoms with van der Waals surface area (Å²) in [6.45, 7) is 8.84. The number of piperidine rings is 1. The number of rotatable bonds is 8. The molecule has 0 unspecified atom stereocenters. The van der Waals surface area contributed by atoms with E-state index in [4.69, 9.17) is 0 Å². The number of aryl methyl sites for hydroxylation is 1. The molecule has 194 valence electrons. The zero-order chi connectivity index (χ0) is 25.6. The number of hydrogen-bond acceptors (Lipinski definition) is 3. The third kappa shape index (κ3) is 5.75. The van der Waals surface area contributed by atoms with Gasteiger partial charge in [-0.3, -0.25) is 9.69 Å². The Hall–Kier alpha value is -3.11.